The van der Waals surface area contributed by atoms with Crippen LogP contribution in [-0.2, 0) is 19.4 Å². The summed E-state index contributed by atoms with van der Waals surface area (Å²) in [6, 6.07) is 30.4. The zero-order chi connectivity index (χ0) is 23.6. The lowest BCUT2D eigenvalue weighted by Gasteiger charge is -2.43. The first-order valence-electron chi connectivity index (χ1n) is 12.8. The molecule has 1 fully saturated rings. The Labute approximate surface area is 205 Å². The first-order valence-corrected chi connectivity index (χ1v) is 12.8. The Kier molecular flexibility index (Phi) is 9.14. The first kappa shape index (κ1) is 24.5. The van der Waals surface area contributed by atoms with Gasteiger partial charge in [-0.1, -0.05) is 92.7 Å². The molecule has 3 aromatic rings. The van der Waals surface area contributed by atoms with E-state index >= 15 is 0 Å². The van der Waals surface area contributed by atoms with Gasteiger partial charge in [0.25, 0.3) is 0 Å². The van der Waals surface area contributed by atoms with Gasteiger partial charge in [-0.25, -0.2) is 10.0 Å². The highest BCUT2D eigenvalue weighted by Gasteiger charge is 2.27. The normalized spacial score (nSPS) is 16.0. The summed E-state index contributed by atoms with van der Waals surface area (Å²) in [5.74, 6) is 1.01. The number of para-hydroxylation sites is 1. The summed E-state index contributed by atoms with van der Waals surface area (Å²) in [6.07, 6.45) is 2.05. The molecule has 0 amide bonds. The van der Waals surface area contributed by atoms with Crippen molar-refractivity contribution in [1.29, 1.82) is 0 Å². The Hall–Kier alpha value is -2.66. The van der Waals surface area contributed by atoms with E-state index in [9.17, 15) is 0 Å². The molecule has 180 valence electrons. The lowest BCUT2D eigenvalue weighted by atomic mass is 9.96. The number of hydrazine groups is 1. The zero-order valence-corrected chi connectivity index (χ0v) is 20.8. The molecule has 1 aliphatic rings. The average Bonchev–Trinajstić information content (AvgIpc) is 2.90. The third-order valence-corrected chi connectivity index (χ3v) is 6.92. The van der Waals surface area contributed by atoms with Crippen LogP contribution in [-0.4, -0.2) is 60.2 Å². The Morgan fingerprint density at radius 1 is 0.706 bits per heavy atom. The van der Waals surface area contributed by atoms with Gasteiger partial charge in [0.15, 0.2) is 0 Å². The van der Waals surface area contributed by atoms with Crippen LogP contribution in [0.3, 0.4) is 0 Å². The van der Waals surface area contributed by atoms with Gasteiger partial charge in [0.05, 0.1) is 0 Å². The fourth-order valence-electron chi connectivity index (χ4n) is 5.00. The van der Waals surface area contributed by atoms with Crippen molar-refractivity contribution in [3.8, 4) is 5.75 Å². The van der Waals surface area contributed by atoms with Crippen molar-refractivity contribution in [3.05, 3.63) is 102 Å². The van der Waals surface area contributed by atoms with E-state index in [4.69, 9.17) is 4.74 Å². The van der Waals surface area contributed by atoms with Gasteiger partial charge < -0.3 is 4.74 Å². The molecule has 1 aliphatic heterocycles. The van der Waals surface area contributed by atoms with E-state index in [1.165, 1.54) is 16.7 Å². The van der Waals surface area contributed by atoms with Gasteiger partial charge in [-0.05, 0) is 35.6 Å². The summed E-state index contributed by atoms with van der Waals surface area (Å²) >= 11 is 0. The molecule has 4 heteroatoms. The van der Waals surface area contributed by atoms with Crippen LogP contribution >= 0.6 is 0 Å². The van der Waals surface area contributed by atoms with Crippen LogP contribution in [0.4, 0.5) is 0 Å². The maximum atomic E-state index is 6.31. The second-order valence-corrected chi connectivity index (χ2v) is 9.06. The Morgan fingerprint density at radius 3 is 1.94 bits per heavy atom. The molecule has 0 aliphatic carbocycles. The SMILES string of the molecule is CCN(CC)N1CCN(C(Cc2ccccc2)Cc2ccccc2OCc2ccccc2)CC1. The van der Waals surface area contributed by atoms with Crippen molar-refractivity contribution in [2.75, 3.05) is 39.3 Å². The van der Waals surface area contributed by atoms with Crippen LogP contribution < -0.4 is 4.74 Å². The van der Waals surface area contributed by atoms with E-state index in [1.54, 1.807) is 0 Å². The number of hydrogen-bond acceptors (Lipinski definition) is 4. The van der Waals surface area contributed by atoms with Crippen LogP contribution in [0.25, 0.3) is 0 Å². The summed E-state index contributed by atoms with van der Waals surface area (Å²) in [6.45, 7) is 11.6. The minimum atomic E-state index is 0.447. The summed E-state index contributed by atoms with van der Waals surface area (Å²) in [5, 5.41) is 5.00. The molecule has 1 heterocycles. The molecule has 4 rings (SSSR count). The smallest absolute Gasteiger partial charge is 0.123 e. The highest BCUT2D eigenvalue weighted by atomic mass is 16.5. The van der Waals surface area contributed by atoms with Crippen LogP contribution in [0.15, 0.2) is 84.9 Å². The van der Waals surface area contributed by atoms with E-state index in [1.807, 2.05) is 6.07 Å². The van der Waals surface area contributed by atoms with Gasteiger partial charge in [-0.2, -0.15) is 0 Å². The molecule has 0 spiro atoms. The van der Waals surface area contributed by atoms with Gasteiger partial charge in [0.2, 0.25) is 0 Å². The van der Waals surface area contributed by atoms with Crippen LogP contribution in [0.2, 0.25) is 0 Å². The van der Waals surface area contributed by atoms with E-state index < -0.39 is 0 Å². The average molecular weight is 458 g/mol. The van der Waals surface area contributed by atoms with E-state index in [0.717, 1.165) is 57.9 Å². The third-order valence-electron chi connectivity index (χ3n) is 6.92. The molecular formula is C30H39N3O. The summed E-state index contributed by atoms with van der Waals surface area (Å²) in [4.78, 5) is 2.70. The number of nitrogens with zero attached hydrogens (tertiary/aromatic N) is 3. The fraction of sp³-hybridized carbons (Fsp3) is 0.400. The van der Waals surface area contributed by atoms with Gasteiger partial charge >= 0.3 is 0 Å². The maximum absolute atomic E-state index is 6.31. The topological polar surface area (TPSA) is 19.0 Å². The van der Waals surface area contributed by atoms with Crippen LogP contribution in [0.5, 0.6) is 5.75 Å². The van der Waals surface area contributed by atoms with Crippen molar-refractivity contribution in [2.45, 2.75) is 39.3 Å². The van der Waals surface area contributed by atoms with E-state index in [0.29, 0.717) is 12.6 Å². The molecule has 1 saturated heterocycles. The van der Waals surface area contributed by atoms with Gasteiger partial charge in [0, 0.05) is 45.3 Å². The summed E-state index contributed by atoms with van der Waals surface area (Å²) < 4.78 is 6.31. The molecule has 0 aromatic heterocycles. The molecule has 0 radical (unpaired) electrons. The number of hydrogen-bond donors (Lipinski definition) is 0. The number of ether oxygens (including phenoxy) is 1. The third kappa shape index (κ3) is 6.69. The number of rotatable bonds is 11. The van der Waals surface area contributed by atoms with Crippen LogP contribution in [0, 0.1) is 0 Å². The minimum Gasteiger partial charge on any atom is -0.489 e. The second kappa shape index (κ2) is 12.7. The van der Waals surface area contributed by atoms with Crippen molar-refractivity contribution >= 4 is 0 Å². The van der Waals surface area contributed by atoms with Crippen molar-refractivity contribution in [3.63, 3.8) is 0 Å². The minimum absolute atomic E-state index is 0.447. The van der Waals surface area contributed by atoms with Gasteiger partial charge in [-0.15, -0.1) is 0 Å². The van der Waals surface area contributed by atoms with E-state index in [2.05, 4.69) is 108 Å². The Morgan fingerprint density at radius 2 is 1.29 bits per heavy atom. The summed E-state index contributed by atoms with van der Waals surface area (Å²) in [5.41, 5.74) is 3.90. The Balaban J connectivity index is 1.48. The summed E-state index contributed by atoms with van der Waals surface area (Å²) in [7, 11) is 0. The largest absolute Gasteiger partial charge is 0.489 e. The second-order valence-electron chi connectivity index (χ2n) is 9.06. The zero-order valence-electron chi connectivity index (χ0n) is 20.8. The lowest BCUT2D eigenvalue weighted by molar-refractivity contribution is -0.0578. The highest BCUT2D eigenvalue weighted by molar-refractivity contribution is 5.35. The number of benzene rings is 3. The number of piperazine rings is 1. The molecule has 34 heavy (non-hydrogen) atoms. The van der Waals surface area contributed by atoms with Crippen molar-refractivity contribution in [1.82, 2.24) is 14.9 Å². The van der Waals surface area contributed by atoms with Crippen molar-refractivity contribution < 1.29 is 4.74 Å². The van der Waals surface area contributed by atoms with Gasteiger partial charge in [-0.3, -0.25) is 4.90 Å². The fourth-order valence-corrected chi connectivity index (χ4v) is 5.00. The molecule has 0 saturated carbocycles. The lowest BCUT2D eigenvalue weighted by Crippen LogP contribution is -2.56. The predicted octanol–water partition coefficient (Wildman–Crippen LogP) is 5.29. The molecule has 0 N–H and O–H groups in total. The molecule has 4 nitrogen and oxygen atoms in total. The first-order chi connectivity index (χ1) is 16.8. The van der Waals surface area contributed by atoms with E-state index in [-0.39, 0.29) is 0 Å². The van der Waals surface area contributed by atoms with Crippen LogP contribution in [0.1, 0.15) is 30.5 Å². The molecule has 1 atom stereocenters. The maximum Gasteiger partial charge on any atom is 0.123 e. The standard InChI is InChI=1S/C30H39N3O/c1-3-32(4-2)33-21-19-31(20-22-33)29(23-26-13-7-5-8-14-26)24-28-17-11-12-18-30(28)34-25-27-15-9-6-10-16-27/h5-18,29H,3-4,19-25H2,1-2H3. The van der Waals surface area contributed by atoms with Crippen molar-refractivity contribution in [2.24, 2.45) is 0 Å². The quantitative estimate of drug-likeness (QED) is 0.389. The molecule has 3 aromatic carbocycles. The van der Waals surface area contributed by atoms with Gasteiger partial charge in [0.1, 0.15) is 12.4 Å². The predicted molar refractivity (Wildman–Crippen MR) is 141 cm³/mol. The molecule has 1 unspecified atom stereocenters. The molecule has 0 bridgehead atoms. The molecular weight excluding hydrogens is 418 g/mol. The highest BCUT2D eigenvalue weighted by Crippen LogP contribution is 2.25. The Bertz CT molecular complexity index is 967. The monoisotopic (exact) mass is 457 g/mol.